The summed E-state index contributed by atoms with van der Waals surface area (Å²) < 4.78 is 15.3. The third-order valence-electron chi connectivity index (χ3n) is 3.15. The molecule has 1 aliphatic heterocycles. The molecule has 1 fully saturated rings. The Bertz CT molecular complexity index is 259. The first kappa shape index (κ1) is 44.6. The Morgan fingerprint density at radius 1 is 1.12 bits per heavy atom. The van der Waals surface area contributed by atoms with Crippen molar-refractivity contribution < 1.29 is 24.1 Å². The van der Waals surface area contributed by atoms with Crippen molar-refractivity contribution in [2.45, 2.75) is 129 Å². The van der Waals surface area contributed by atoms with Gasteiger partial charge in [0.1, 0.15) is 12.9 Å². The zero-order valence-corrected chi connectivity index (χ0v) is 13.4. The topological polar surface area (TPSA) is 65.0 Å². The number of ether oxygens (including phenoxy) is 3. The third-order valence-corrected chi connectivity index (χ3v) is 3.15. The van der Waals surface area contributed by atoms with Crippen LogP contribution in [0.2, 0.25) is 0 Å². The fourth-order valence-electron chi connectivity index (χ4n) is 1.92. The van der Waals surface area contributed by atoms with Crippen molar-refractivity contribution in [1.29, 1.82) is 0 Å². The summed E-state index contributed by atoms with van der Waals surface area (Å²) in [5.74, 6) is -0.291. The van der Waals surface area contributed by atoms with Crippen molar-refractivity contribution in [1.82, 2.24) is 0 Å². The molecule has 168 valence electrons. The van der Waals surface area contributed by atoms with E-state index in [1.165, 1.54) is 6.92 Å². The van der Waals surface area contributed by atoms with Gasteiger partial charge >= 0.3 is 5.97 Å². The maximum absolute atomic E-state index is 10.4. The van der Waals surface area contributed by atoms with Gasteiger partial charge in [-0.3, -0.25) is 4.79 Å². The van der Waals surface area contributed by atoms with Gasteiger partial charge in [-0.15, -0.1) is 0 Å². The lowest BCUT2D eigenvalue weighted by molar-refractivity contribution is -0.170. The van der Waals surface area contributed by atoms with Crippen LogP contribution in [0.1, 0.15) is 105 Å². The zero-order valence-electron chi connectivity index (χ0n) is 13.4. The monoisotopic (exact) mass is 386 g/mol. The number of carbonyl (C=O) groups excluding carboxylic acids is 1. The highest BCUT2D eigenvalue weighted by atomic mass is 16.7. The lowest BCUT2D eigenvalue weighted by Crippen LogP contribution is -2.28. The number of hydrogen-bond donors (Lipinski definition) is 1. The molecule has 4 unspecified atom stereocenters. The van der Waals surface area contributed by atoms with Crippen molar-refractivity contribution in [2.24, 2.45) is 0 Å². The highest BCUT2D eigenvalue weighted by Gasteiger charge is 2.17. The van der Waals surface area contributed by atoms with Gasteiger partial charge in [-0.1, -0.05) is 58.4 Å². The Hall–Kier alpha value is -0.650. The molecule has 1 rings (SSSR count). The average Bonchev–Trinajstić information content (AvgIpc) is 2.38. The van der Waals surface area contributed by atoms with Crippen LogP contribution >= 0.6 is 0 Å². The van der Waals surface area contributed by atoms with Crippen LogP contribution in [0.3, 0.4) is 0 Å². The second-order valence-electron chi connectivity index (χ2n) is 5.25. The first-order chi connectivity index (χ1) is 9.38. The highest BCUT2D eigenvalue weighted by Crippen LogP contribution is 2.14. The van der Waals surface area contributed by atoms with Gasteiger partial charge < -0.3 is 19.3 Å². The standard InChI is InChI=1S/C8H16O3.C7H14O2.6CH4/c1-4-8(10)5-6(2)11-7(3)9;1-3-7-4-6(2)8-5-9-7;;;;;;/h6,8,10H,4-5H2,1-3H3;6-7H,3-5H2,1-2H3;6*1H4. The van der Waals surface area contributed by atoms with Gasteiger partial charge in [0.2, 0.25) is 0 Å². The van der Waals surface area contributed by atoms with Gasteiger partial charge in [-0.25, -0.2) is 0 Å². The molecule has 5 nitrogen and oxygen atoms in total. The Labute approximate surface area is 166 Å². The predicted molar refractivity (Wildman–Crippen MR) is 118 cm³/mol. The fraction of sp³-hybridized carbons (Fsp3) is 0.952. The fourth-order valence-corrected chi connectivity index (χ4v) is 1.92. The number of hydrogen-bond acceptors (Lipinski definition) is 5. The maximum atomic E-state index is 10.4. The van der Waals surface area contributed by atoms with E-state index in [1.54, 1.807) is 6.92 Å². The summed E-state index contributed by atoms with van der Waals surface area (Å²) in [7, 11) is 0. The molecule has 0 aliphatic carbocycles. The molecule has 1 N–H and O–H groups in total. The first-order valence-electron chi connectivity index (χ1n) is 7.47. The molecule has 1 saturated heterocycles. The van der Waals surface area contributed by atoms with E-state index in [2.05, 4.69) is 13.8 Å². The maximum Gasteiger partial charge on any atom is 0.302 e. The Kier molecular flexibility index (Phi) is 45.6. The van der Waals surface area contributed by atoms with Gasteiger partial charge in [0, 0.05) is 13.3 Å². The molecule has 0 spiro atoms. The van der Waals surface area contributed by atoms with Gasteiger partial charge in [-0.05, 0) is 33.1 Å². The molecule has 26 heavy (non-hydrogen) atoms. The van der Waals surface area contributed by atoms with Crippen LogP contribution in [0.5, 0.6) is 0 Å². The van der Waals surface area contributed by atoms with Gasteiger partial charge in [0.05, 0.1) is 18.3 Å². The minimum absolute atomic E-state index is 0. The average molecular weight is 387 g/mol. The molecule has 0 bridgehead atoms. The number of carbonyl (C=O) groups is 1. The summed E-state index contributed by atoms with van der Waals surface area (Å²) in [5, 5.41) is 9.15. The quantitative estimate of drug-likeness (QED) is 0.549. The molecular weight excluding hydrogens is 332 g/mol. The number of rotatable bonds is 5. The molecule has 0 saturated carbocycles. The van der Waals surface area contributed by atoms with E-state index in [0.29, 0.717) is 31.8 Å². The summed E-state index contributed by atoms with van der Waals surface area (Å²) in [4.78, 5) is 10.4. The Morgan fingerprint density at radius 2 is 1.62 bits per heavy atom. The number of aliphatic hydroxyl groups is 1. The van der Waals surface area contributed by atoms with E-state index < -0.39 is 0 Å². The smallest absolute Gasteiger partial charge is 0.302 e. The molecule has 5 heteroatoms. The molecule has 0 aromatic carbocycles. The van der Waals surface area contributed by atoms with Crippen molar-refractivity contribution in [3.8, 4) is 0 Å². The Balaban J connectivity index is -0.0000000455. The van der Waals surface area contributed by atoms with Crippen LogP contribution in [0.25, 0.3) is 0 Å². The van der Waals surface area contributed by atoms with E-state index >= 15 is 0 Å². The van der Waals surface area contributed by atoms with E-state index in [4.69, 9.17) is 19.3 Å². The van der Waals surface area contributed by atoms with Crippen LogP contribution < -0.4 is 0 Å². The van der Waals surface area contributed by atoms with Gasteiger partial charge in [0.15, 0.2) is 0 Å². The largest absolute Gasteiger partial charge is 0.463 e. The Morgan fingerprint density at radius 3 is 1.92 bits per heavy atom. The molecule has 1 heterocycles. The van der Waals surface area contributed by atoms with Crippen LogP contribution in [-0.4, -0.2) is 42.3 Å². The van der Waals surface area contributed by atoms with Crippen LogP contribution in [0.15, 0.2) is 0 Å². The van der Waals surface area contributed by atoms with E-state index in [1.807, 2.05) is 6.92 Å². The van der Waals surface area contributed by atoms with Crippen LogP contribution in [0.4, 0.5) is 0 Å². The molecular formula is C21H54O5. The lowest BCUT2D eigenvalue weighted by atomic mass is 10.1. The minimum atomic E-state index is -0.357. The second kappa shape index (κ2) is 26.6. The summed E-state index contributed by atoms with van der Waals surface area (Å²) >= 11 is 0. The molecule has 1 aliphatic rings. The van der Waals surface area contributed by atoms with Crippen molar-refractivity contribution in [3.63, 3.8) is 0 Å². The molecule has 4 atom stereocenters. The van der Waals surface area contributed by atoms with Crippen LogP contribution in [-0.2, 0) is 19.0 Å². The van der Waals surface area contributed by atoms with E-state index in [9.17, 15) is 4.79 Å². The van der Waals surface area contributed by atoms with Crippen molar-refractivity contribution >= 4 is 5.97 Å². The van der Waals surface area contributed by atoms with Crippen molar-refractivity contribution in [3.05, 3.63) is 0 Å². The SMILES string of the molecule is C.C.C.C.C.C.CCC(O)CC(C)OC(C)=O.CCC1CC(C)OCO1. The summed E-state index contributed by atoms with van der Waals surface area (Å²) in [6.07, 6.45) is 3.68. The highest BCUT2D eigenvalue weighted by molar-refractivity contribution is 5.66. The van der Waals surface area contributed by atoms with E-state index in [-0.39, 0.29) is 62.7 Å². The second-order valence-corrected chi connectivity index (χ2v) is 5.25. The van der Waals surface area contributed by atoms with E-state index in [0.717, 1.165) is 12.8 Å². The zero-order chi connectivity index (χ0) is 15.5. The minimum Gasteiger partial charge on any atom is -0.463 e. The van der Waals surface area contributed by atoms with Gasteiger partial charge in [-0.2, -0.15) is 0 Å². The van der Waals surface area contributed by atoms with Gasteiger partial charge in [0.25, 0.3) is 0 Å². The predicted octanol–water partition coefficient (Wildman–Crippen LogP) is 6.46. The molecule has 0 aromatic rings. The summed E-state index contributed by atoms with van der Waals surface area (Å²) in [5.41, 5.74) is 0. The normalized spacial score (nSPS) is 19.3. The molecule has 0 aromatic heterocycles. The summed E-state index contributed by atoms with van der Waals surface area (Å²) in [6.45, 7) is 9.76. The number of aliphatic hydroxyl groups excluding tert-OH is 1. The van der Waals surface area contributed by atoms with Crippen molar-refractivity contribution in [2.75, 3.05) is 6.79 Å². The first-order valence-corrected chi connectivity index (χ1v) is 7.47. The lowest BCUT2D eigenvalue weighted by Gasteiger charge is -2.26. The van der Waals surface area contributed by atoms with Crippen LogP contribution in [0, 0.1) is 0 Å². The molecule has 0 amide bonds. The number of esters is 1. The molecule has 0 radical (unpaired) electrons. The third kappa shape index (κ3) is 25.6. The summed E-state index contributed by atoms with van der Waals surface area (Å²) in [6, 6.07) is 0.